The van der Waals surface area contributed by atoms with Gasteiger partial charge in [0, 0.05) is 6.42 Å². The van der Waals surface area contributed by atoms with Crippen molar-refractivity contribution < 1.29 is 32.9 Å². The second-order valence-corrected chi connectivity index (χ2v) is 21.0. The summed E-state index contributed by atoms with van der Waals surface area (Å²) in [5, 5.41) is 13.9. The van der Waals surface area contributed by atoms with E-state index < -0.39 is 20.0 Å². The molecule has 0 aromatic heterocycles. The Labute approximate surface area is 419 Å². The lowest BCUT2D eigenvalue weighted by Gasteiger charge is -2.30. The Hall–Kier alpha value is -2.58. The summed E-state index contributed by atoms with van der Waals surface area (Å²) in [4.78, 5) is 25.4. The van der Waals surface area contributed by atoms with Gasteiger partial charge in [-0.3, -0.25) is 9.36 Å². The molecular weight excluding hydrogens is 864 g/mol. The third-order valence-corrected chi connectivity index (χ3v) is 12.8. The molecule has 0 radical (unpaired) electrons. The number of quaternary nitrogens is 1. The van der Waals surface area contributed by atoms with Crippen LogP contribution in [0.3, 0.4) is 0 Å². The number of amides is 1. The Kier molecular flexibility index (Phi) is 47.5. The maximum Gasteiger partial charge on any atom is 0.268 e. The second kappa shape index (κ2) is 49.4. The Bertz CT molecular complexity index is 1420. The van der Waals surface area contributed by atoms with Crippen LogP contribution < -0.4 is 10.2 Å². The van der Waals surface area contributed by atoms with Crippen molar-refractivity contribution in [1.82, 2.24) is 5.32 Å². The van der Waals surface area contributed by atoms with Crippen LogP contribution in [0.15, 0.2) is 97.2 Å². The topological polar surface area (TPSA) is 108 Å². The molecule has 8 nitrogen and oxygen atoms in total. The Morgan fingerprint density at radius 2 is 0.897 bits per heavy atom. The van der Waals surface area contributed by atoms with Crippen molar-refractivity contribution in [3.8, 4) is 0 Å². The van der Waals surface area contributed by atoms with E-state index in [1.807, 2.05) is 21.1 Å². The average Bonchev–Trinajstić information content (AvgIpc) is 3.30. The van der Waals surface area contributed by atoms with E-state index in [-0.39, 0.29) is 19.1 Å². The number of allylic oxidation sites excluding steroid dienone is 16. The summed E-state index contributed by atoms with van der Waals surface area (Å²) in [7, 11) is 1.29. The fourth-order valence-corrected chi connectivity index (χ4v) is 8.25. The van der Waals surface area contributed by atoms with Crippen LogP contribution in [-0.4, -0.2) is 68.5 Å². The summed E-state index contributed by atoms with van der Waals surface area (Å²) in [6.45, 7) is 4.58. The molecule has 0 saturated carbocycles. The van der Waals surface area contributed by atoms with Gasteiger partial charge in [-0.1, -0.05) is 233 Å². The van der Waals surface area contributed by atoms with E-state index in [9.17, 15) is 19.4 Å². The number of carbonyl (C=O) groups is 1. The zero-order valence-electron chi connectivity index (χ0n) is 44.5. The van der Waals surface area contributed by atoms with Crippen LogP contribution in [0.4, 0.5) is 0 Å². The number of nitrogens with zero attached hydrogens (tertiary/aromatic N) is 1. The molecule has 392 valence electrons. The van der Waals surface area contributed by atoms with E-state index in [4.69, 9.17) is 9.05 Å². The summed E-state index contributed by atoms with van der Waals surface area (Å²) < 4.78 is 23.3. The van der Waals surface area contributed by atoms with Crippen molar-refractivity contribution >= 4 is 13.7 Å². The minimum absolute atomic E-state index is 0.00715. The SMILES string of the molecule is CC/C=C\C/C=C\C/C=C\C/C=C\C/C=C\C/C=C\C/C=C\C/C=C\CCCCCCCCCCCCC(=O)NC(COP(=O)([O-])OCC[N+](C)(C)C)C(O)CCCCCCCCCCCCC. The molecular formula is C59H105N2O6P. The first-order valence-electron chi connectivity index (χ1n) is 27.6. The molecule has 0 aromatic rings. The number of likely N-dealkylation sites (N-methyl/N-ethyl adjacent to an activating group) is 1. The highest BCUT2D eigenvalue weighted by Gasteiger charge is 2.24. The molecule has 0 aliphatic rings. The number of aliphatic hydroxyl groups excluding tert-OH is 1. The molecule has 0 aliphatic heterocycles. The molecule has 0 heterocycles. The van der Waals surface area contributed by atoms with Gasteiger partial charge in [0.25, 0.3) is 7.82 Å². The van der Waals surface area contributed by atoms with Gasteiger partial charge in [-0.25, -0.2) is 0 Å². The van der Waals surface area contributed by atoms with Crippen molar-refractivity contribution in [3.63, 3.8) is 0 Å². The summed E-state index contributed by atoms with van der Waals surface area (Å²) in [5.74, 6) is -0.175. The van der Waals surface area contributed by atoms with E-state index in [1.54, 1.807) is 0 Å². The highest BCUT2D eigenvalue weighted by Crippen LogP contribution is 2.38. The predicted octanol–water partition coefficient (Wildman–Crippen LogP) is 16.0. The van der Waals surface area contributed by atoms with Crippen molar-refractivity contribution in [3.05, 3.63) is 97.2 Å². The van der Waals surface area contributed by atoms with Gasteiger partial charge in [0.05, 0.1) is 39.9 Å². The molecule has 0 aliphatic carbocycles. The van der Waals surface area contributed by atoms with Crippen molar-refractivity contribution in [2.45, 2.75) is 231 Å². The first kappa shape index (κ1) is 65.4. The van der Waals surface area contributed by atoms with Gasteiger partial charge in [-0.15, -0.1) is 0 Å². The van der Waals surface area contributed by atoms with Crippen molar-refractivity contribution in [2.75, 3.05) is 40.9 Å². The number of rotatable bonds is 49. The number of hydrogen-bond acceptors (Lipinski definition) is 6. The summed E-state index contributed by atoms with van der Waals surface area (Å²) in [6.07, 6.45) is 70.1. The second-order valence-electron chi connectivity index (χ2n) is 19.6. The van der Waals surface area contributed by atoms with Crippen LogP contribution in [-0.2, 0) is 18.4 Å². The number of hydrogen-bond donors (Lipinski definition) is 2. The Morgan fingerprint density at radius 1 is 0.529 bits per heavy atom. The van der Waals surface area contributed by atoms with E-state index in [1.165, 1.54) is 96.3 Å². The summed E-state index contributed by atoms with van der Waals surface area (Å²) >= 11 is 0. The highest BCUT2D eigenvalue weighted by molar-refractivity contribution is 7.45. The van der Waals surface area contributed by atoms with Crippen molar-refractivity contribution in [1.29, 1.82) is 0 Å². The minimum atomic E-state index is -4.57. The molecule has 0 spiro atoms. The summed E-state index contributed by atoms with van der Waals surface area (Å²) in [5.41, 5.74) is 0. The molecule has 68 heavy (non-hydrogen) atoms. The number of carbonyl (C=O) groups excluding carboxylic acids is 1. The van der Waals surface area contributed by atoms with Gasteiger partial charge in [-0.05, 0) is 77.0 Å². The lowest BCUT2D eigenvalue weighted by molar-refractivity contribution is -0.870. The minimum Gasteiger partial charge on any atom is -0.756 e. The van der Waals surface area contributed by atoms with Crippen molar-refractivity contribution in [2.24, 2.45) is 0 Å². The number of phosphoric acid groups is 1. The third-order valence-electron chi connectivity index (χ3n) is 11.8. The molecule has 9 heteroatoms. The van der Waals surface area contributed by atoms with Gasteiger partial charge < -0.3 is 28.8 Å². The lowest BCUT2D eigenvalue weighted by Crippen LogP contribution is -2.46. The first-order valence-corrected chi connectivity index (χ1v) is 29.0. The van der Waals surface area contributed by atoms with Crippen LogP contribution >= 0.6 is 7.82 Å². The molecule has 0 rings (SSSR count). The Balaban J connectivity index is 4.08. The molecule has 2 N–H and O–H groups in total. The fourth-order valence-electron chi connectivity index (χ4n) is 7.53. The highest BCUT2D eigenvalue weighted by atomic mass is 31.2. The quantitative estimate of drug-likeness (QED) is 0.0272. The maximum atomic E-state index is 12.9. The predicted molar refractivity (Wildman–Crippen MR) is 293 cm³/mol. The molecule has 3 atom stereocenters. The standard InChI is InChI=1S/C59H105N2O6P/c1-6-8-10-12-14-16-18-19-20-21-22-23-24-25-26-27-28-29-30-31-32-33-34-35-36-37-38-39-40-41-43-45-47-49-51-53-59(63)60-57(56-67-68(64,65)66-55-54-61(3,4)5)58(62)52-50-48-46-44-42-17-15-13-11-9-7-2/h8,10,14,16,19-20,22-23,25-26,28-29,31-32,34-35,57-58,62H,6-7,9,11-13,15,17-18,21,24,27,30,33,36-56H2,1-5H3,(H-,60,63,64,65)/b10-8-,16-14-,20-19-,23-22-,26-25-,29-28-,32-31-,35-34-. The lowest BCUT2D eigenvalue weighted by atomic mass is 10.0. The molecule has 0 saturated heterocycles. The number of phosphoric ester groups is 1. The monoisotopic (exact) mass is 969 g/mol. The third kappa shape index (κ3) is 51.3. The molecule has 0 bridgehead atoms. The van der Waals surface area contributed by atoms with Gasteiger partial charge >= 0.3 is 0 Å². The zero-order chi connectivity index (χ0) is 49.9. The molecule has 0 aromatic carbocycles. The van der Waals surface area contributed by atoms with Crippen LogP contribution in [0.1, 0.15) is 219 Å². The van der Waals surface area contributed by atoms with Crippen LogP contribution in [0.5, 0.6) is 0 Å². The molecule has 1 amide bonds. The Morgan fingerprint density at radius 3 is 1.31 bits per heavy atom. The average molecular weight is 969 g/mol. The van der Waals surface area contributed by atoms with Gasteiger partial charge in [0.15, 0.2) is 0 Å². The molecule has 0 fully saturated rings. The van der Waals surface area contributed by atoms with Gasteiger partial charge in [-0.2, -0.15) is 0 Å². The van der Waals surface area contributed by atoms with E-state index in [2.05, 4.69) is 116 Å². The zero-order valence-corrected chi connectivity index (χ0v) is 45.4. The van der Waals surface area contributed by atoms with E-state index >= 15 is 0 Å². The van der Waals surface area contributed by atoms with Gasteiger partial charge in [0.1, 0.15) is 13.2 Å². The normalized spacial score (nSPS) is 14.8. The molecule has 3 unspecified atom stereocenters. The first-order chi connectivity index (χ1) is 33.0. The maximum absolute atomic E-state index is 12.9. The number of aliphatic hydroxyl groups is 1. The van der Waals surface area contributed by atoms with E-state index in [0.717, 1.165) is 96.3 Å². The van der Waals surface area contributed by atoms with E-state index in [0.29, 0.717) is 23.9 Å². The van der Waals surface area contributed by atoms with Crippen LogP contribution in [0.25, 0.3) is 0 Å². The number of nitrogens with one attached hydrogen (secondary N) is 1. The largest absolute Gasteiger partial charge is 0.756 e. The number of unbranched alkanes of at least 4 members (excludes halogenated alkanes) is 20. The summed E-state index contributed by atoms with van der Waals surface area (Å²) in [6, 6.07) is -0.807. The van der Waals surface area contributed by atoms with Crippen LogP contribution in [0, 0.1) is 0 Å². The fraction of sp³-hybridized carbons (Fsp3) is 0.712. The van der Waals surface area contributed by atoms with Gasteiger partial charge in [0.2, 0.25) is 5.91 Å². The van der Waals surface area contributed by atoms with Crippen LogP contribution in [0.2, 0.25) is 0 Å². The smallest absolute Gasteiger partial charge is 0.268 e.